The second-order valence-corrected chi connectivity index (χ2v) is 10.4. The van der Waals surface area contributed by atoms with E-state index in [0.29, 0.717) is 45.3 Å². The number of likely N-dealkylation sites (tertiary alicyclic amines) is 2. The summed E-state index contributed by atoms with van der Waals surface area (Å²) in [6.45, 7) is 4.69. The average Bonchev–Trinajstić information content (AvgIpc) is 3.38. The monoisotopic (exact) mass is 507 g/mol. The highest BCUT2D eigenvalue weighted by molar-refractivity contribution is 7.71. The number of nitrogens with zero attached hydrogens (tertiary/aromatic N) is 2. The van der Waals surface area contributed by atoms with Gasteiger partial charge in [0.2, 0.25) is 6.79 Å². The number of benzene rings is 2. The van der Waals surface area contributed by atoms with Crippen molar-refractivity contribution >= 4 is 29.0 Å². The summed E-state index contributed by atoms with van der Waals surface area (Å²) in [6.07, 6.45) is 6.21. The highest BCUT2D eigenvalue weighted by atomic mass is 32.1. The summed E-state index contributed by atoms with van der Waals surface area (Å²) < 4.78 is 12.7. The van der Waals surface area contributed by atoms with E-state index in [1.165, 1.54) is 36.9 Å². The number of carbonyl (C=O) groups excluding carboxylic acids is 1. The molecule has 3 aliphatic rings. The zero-order chi connectivity index (χ0) is 24.6. The normalized spacial score (nSPS) is 18.6. The van der Waals surface area contributed by atoms with E-state index in [9.17, 15) is 9.59 Å². The number of H-pyrrole nitrogens is 1. The predicted octanol–water partition coefficient (Wildman–Crippen LogP) is 2.51. The zero-order valence-corrected chi connectivity index (χ0v) is 21.1. The average molecular weight is 508 g/mol. The molecule has 36 heavy (non-hydrogen) atoms. The first-order chi connectivity index (χ1) is 17.6. The number of piperidine rings is 2. The molecule has 2 N–H and O–H groups in total. The Kier molecular flexibility index (Phi) is 6.27. The smallest absolute Gasteiger partial charge is 0.262 e. The number of carbonyl (C=O) groups is 1. The Balaban J connectivity index is 1.14. The first-order valence-corrected chi connectivity index (χ1v) is 13.3. The minimum Gasteiger partial charge on any atom is -0.454 e. The molecule has 8 nitrogen and oxygen atoms in total. The fourth-order valence-corrected chi connectivity index (χ4v) is 6.07. The number of ether oxygens (including phenoxy) is 2. The summed E-state index contributed by atoms with van der Waals surface area (Å²) >= 11 is 5.48. The molecule has 1 amide bonds. The molecule has 0 spiro atoms. The number of rotatable bonds is 4. The zero-order valence-electron chi connectivity index (χ0n) is 20.3. The van der Waals surface area contributed by atoms with Gasteiger partial charge in [0.05, 0.1) is 36.6 Å². The standard InChI is InChI=1S/C27H30N4O4S/c32-25(30-12-8-20(9-13-30)29-10-2-1-3-11-29)19-6-4-18(5-7-19)16-31-26(33)21-14-23-24(35-17-34-23)15-22(21)28-27(31)36/h4-7,14-15,20H,1-3,8-13,16-17H2,(H,28,36)/p+1. The van der Waals surface area contributed by atoms with Crippen molar-refractivity contribution in [1.82, 2.24) is 14.5 Å². The van der Waals surface area contributed by atoms with Gasteiger partial charge in [-0.3, -0.25) is 14.2 Å². The molecule has 4 heterocycles. The molecule has 6 rings (SSSR count). The van der Waals surface area contributed by atoms with Crippen LogP contribution in [0.25, 0.3) is 10.9 Å². The van der Waals surface area contributed by atoms with Gasteiger partial charge in [0.25, 0.3) is 11.5 Å². The maximum absolute atomic E-state index is 13.2. The lowest BCUT2D eigenvalue weighted by Crippen LogP contribution is -3.16. The predicted molar refractivity (Wildman–Crippen MR) is 139 cm³/mol. The Hall–Kier alpha value is -3.17. The molecule has 1 aromatic heterocycles. The van der Waals surface area contributed by atoms with Crippen LogP contribution in [-0.4, -0.2) is 59.4 Å². The van der Waals surface area contributed by atoms with Gasteiger partial charge in [0, 0.05) is 37.6 Å². The Morgan fingerprint density at radius 2 is 1.72 bits per heavy atom. The van der Waals surface area contributed by atoms with Crippen LogP contribution in [0.5, 0.6) is 11.5 Å². The van der Waals surface area contributed by atoms with E-state index in [4.69, 9.17) is 21.7 Å². The molecule has 0 bridgehead atoms. The highest BCUT2D eigenvalue weighted by Gasteiger charge is 2.30. The van der Waals surface area contributed by atoms with Crippen LogP contribution in [0.15, 0.2) is 41.2 Å². The van der Waals surface area contributed by atoms with Crippen molar-refractivity contribution in [2.75, 3.05) is 33.0 Å². The van der Waals surface area contributed by atoms with Gasteiger partial charge in [-0.05, 0) is 55.2 Å². The lowest BCUT2D eigenvalue weighted by Gasteiger charge is -2.37. The van der Waals surface area contributed by atoms with Crippen LogP contribution < -0.4 is 19.9 Å². The molecule has 0 atom stereocenters. The van der Waals surface area contributed by atoms with Crippen LogP contribution >= 0.6 is 12.2 Å². The lowest BCUT2D eigenvalue weighted by molar-refractivity contribution is -0.931. The molecule has 9 heteroatoms. The second kappa shape index (κ2) is 9.71. The van der Waals surface area contributed by atoms with Crippen LogP contribution in [0.2, 0.25) is 0 Å². The molecule has 188 valence electrons. The molecule has 2 saturated heterocycles. The number of quaternary nitrogens is 1. The quantitative estimate of drug-likeness (QED) is 0.531. The third-order valence-electron chi connectivity index (χ3n) is 7.87. The first-order valence-electron chi connectivity index (χ1n) is 12.9. The summed E-state index contributed by atoms with van der Waals surface area (Å²) in [4.78, 5) is 33.2. The summed E-state index contributed by atoms with van der Waals surface area (Å²) in [5, 5.41) is 0.495. The Bertz CT molecular complexity index is 1400. The van der Waals surface area contributed by atoms with Crippen molar-refractivity contribution in [1.29, 1.82) is 0 Å². The van der Waals surface area contributed by atoms with Crippen LogP contribution in [0, 0.1) is 4.77 Å². The van der Waals surface area contributed by atoms with Gasteiger partial charge in [0.15, 0.2) is 16.3 Å². The second-order valence-electron chi connectivity index (χ2n) is 10.1. The number of nitrogens with one attached hydrogen (secondary N) is 2. The van der Waals surface area contributed by atoms with E-state index in [2.05, 4.69) is 4.98 Å². The Morgan fingerprint density at radius 1 is 1.03 bits per heavy atom. The maximum Gasteiger partial charge on any atom is 0.262 e. The fraction of sp³-hybridized carbons (Fsp3) is 0.444. The fourth-order valence-electron chi connectivity index (χ4n) is 5.81. The van der Waals surface area contributed by atoms with Gasteiger partial charge in [-0.15, -0.1) is 0 Å². The number of hydrogen-bond acceptors (Lipinski definition) is 5. The van der Waals surface area contributed by atoms with Crippen LogP contribution in [-0.2, 0) is 6.54 Å². The first kappa shape index (κ1) is 23.2. The van der Waals surface area contributed by atoms with Gasteiger partial charge in [-0.1, -0.05) is 12.1 Å². The molecule has 3 aromatic rings. The summed E-state index contributed by atoms with van der Waals surface area (Å²) in [5.74, 6) is 1.24. The summed E-state index contributed by atoms with van der Waals surface area (Å²) in [7, 11) is 0. The van der Waals surface area contributed by atoms with Crippen LogP contribution in [0.1, 0.15) is 48.0 Å². The molecule has 2 aromatic carbocycles. The molecular weight excluding hydrogens is 476 g/mol. The SMILES string of the molecule is O=C(c1ccc(Cn2c(=S)[nH]c3cc4c(cc3c2=O)OCO4)cc1)N1CCC([NH+]2CCCCC2)CC1. The third-order valence-corrected chi connectivity index (χ3v) is 8.19. The van der Waals surface area contributed by atoms with Gasteiger partial charge >= 0.3 is 0 Å². The largest absolute Gasteiger partial charge is 0.454 e. The van der Waals surface area contributed by atoms with Gasteiger partial charge < -0.3 is 24.3 Å². The molecule has 2 fully saturated rings. The number of fused-ring (bicyclic) bond motifs is 2. The molecule has 3 aliphatic heterocycles. The summed E-state index contributed by atoms with van der Waals surface area (Å²) in [6, 6.07) is 11.7. The molecule has 0 saturated carbocycles. The van der Waals surface area contributed by atoms with Gasteiger partial charge in [-0.2, -0.15) is 0 Å². The van der Waals surface area contributed by atoms with Crippen molar-refractivity contribution in [3.05, 3.63) is 62.6 Å². The Labute approximate surface area is 214 Å². The van der Waals surface area contributed by atoms with Crippen molar-refractivity contribution in [3.63, 3.8) is 0 Å². The lowest BCUT2D eigenvalue weighted by atomic mass is 9.99. The van der Waals surface area contributed by atoms with Crippen LogP contribution in [0.3, 0.4) is 0 Å². The van der Waals surface area contributed by atoms with E-state index in [0.717, 1.165) is 31.5 Å². The molecular formula is C27H31N4O4S+. The van der Waals surface area contributed by atoms with E-state index < -0.39 is 0 Å². The third kappa shape index (κ3) is 4.41. The minimum atomic E-state index is -0.189. The Morgan fingerprint density at radius 3 is 2.44 bits per heavy atom. The van der Waals surface area contributed by atoms with E-state index in [1.807, 2.05) is 29.2 Å². The number of hydrogen-bond donors (Lipinski definition) is 2. The van der Waals surface area contributed by atoms with Crippen molar-refractivity contribution in [2.45, 2.75) is 44.7 Å². The number of aromatic amines is 1. The van der Waals surface area contributed by atoms with E-state index in [1.54, 1.807) is 17.0 Å². The topological polar surface area (TPSA) is 81.0 Å². The van der Waals surface area contributed by atoms with Crippen molar-refractivity contribution in [3.8, 4) is 11.5 Å². The van der Waals surface area contributed by atoms with Crippen molar-refractivity contribution in [2.24, 2.45) is 0 Å². The molecule has 0 unspecified atom stereocenters. The molecule has 0 aliphatic carbocycles. The van der Waals surface area contributed by atoms with E-state index in [-0.39, 0.29) is 18.3 Å². The van der Waals surface area contributed by atoms with Crippen LogP contribution in [0.4, 0.5) is 0 Å². The van der Waals surface area contributed by atoms with Gasteiger partial charge in [0.1, 0.15) is 0 Å². The summed E-state index contributed by atoms with van der Waals surface area (Å²) in [5.41, 5.74) is 2.02. The van der Waals surface area contributed by atoms with Gasteiger partial charge in [-0.25, -0.2) is 0 Å². The van der Waals surface area contributed by atoms with E-state index >= 15 is 0 Å². The molecule has 0 radical (unpaired) electrons. The van der Waals surface area contributed by atoms with Crippen molar-refractivity contribution < 1.29 is 19.2 Å². The minimum absolute atomic E-state index is 0.0879. The number of aromatic nitrogens is 2. The maximum atomic E-state index is 13.2. The highest BCUT2D eigenvalue weighted by Crippen LogP contribution is 2.34. The number of amides is 1.